The van der Waals surface area contributed by atoms with Gasteiger partial charge in [0.05, 0.1) is 19.3 Å². The third-order valence-corrected chi connectivity index (χ3v) is 3.92. The van der Waals surface area contributed by atoms with Crippen molar-refractivity contribution >= 4 is 12.0 Å². The predicted molar refractivity (Wildman–Crippen MR) is 92.5 cm³/mol. The van der Waals surface area contributed by atoms with Gasteiger partial charge >= 0.3 is 6.09 Å². The normalized spacial score (nSPS) is 14.6. The number of aliphatic hydroxyl groups excluding tert-OH is 1. The Balaban J connectivity index is 2.83. The molecule has 0 bridgehead atoms. The average molecular weight is 336 g/mol. The smallest absolute Gasteiger partial charge is 0.407 e. The van der Waals surface area contributed by atoms with Gasteiger partial charge in [-0.05, 0) is 24.3 Å². The van der Waals surface area contributed by atoms with Crippen molar-refractivity contribution in [3.05, 3.63) is 35.9 Å². The van der Waals surface area contributed by atoms with Crippen LogP contribution in [-0.4, -0.2) is 42.4 Å². The van der Waals surface area contributed by atoms with Crippen LogP contribution in [-0.2, 0) is 16.0 Å². The van der Waals surface area contributed by atoms with E-state index in [1.165, 1.54) is 7.11 Å². The molecule has 0 fully saturated rings. The molecule has 24 heavy (non-hydrogen) atoms. The van der Waals surface area contributed by atoms with Crippen LogP contribution in [0.1, 0.15) is 32.8 Å². The molecule has 134 valence electrons. The highest BCUT2D eigenvalue weighted by atomic mass is 16.5. The molecule has 1 aromatic carbocycles. The van der Waals surface area contributed by atoms with E-state index >= 15 is 0 Å². The summed E-state index contributed by atoms with van der Waals surface area (Å²) in [7, 11) is 1.25. The molecule has 6 nitrogen and oxygen atoms in total. The number of amides is 2. The maximum atomic E-state index is 12.6. The standard InChI is InChI=1S/C18H28N2O4/c1-5-15(21)14(11-13-9-7-6-8-10-13)19-17(22)16(12(2)3)20-18(23)24-4/h6-10,12,14-16,21H,5,11H2,1-4H3,(H,19,22)(H,20,23)/t14?,15-,16-/m0/s1. The van der Waals surface area contributed by atoms with Crippen LogP contribution in [0.5, 0.6) is 0 Å². The maximum absolute atomic E-state index is 12.6. The fourth-order valence-electron chi connectivity index (χ4n) is 2.43. The van der Waals surface area contributed by atoms with Crippen LogP contribution in [0.2, 0.25) is 0 Å². The van der Waals surface area contributed by atoms with Crippen molar-refractivity contribution in [1.82, 2.24) is 10.6 Å². The van der Waals surface area contributed by atoms with Gasteiger partial charge in [-0.2, -0.15) is 0 Å². The molecule has 0 saturated carbocycles. The fourth-order valence-corrected chi connectivity index (χ4v) is 2.43. The first kappa shape index (κ1) is 20.0. The van der Waals surface area contributed by atoms with Crippen molar-refractivity contribution in [3.63, 3.8) is 0 Å². The summed E-state index contributed by atoms with van der Waals surface area (Å²) in [6, 6.07) is 8.51. The zero-order chi connectivity index (χ0) is 18.1. The summed E-state index contributed by atoms with van der Waals surface area (Å²) < 4.78 is 4.57. The molecule has 0 spiro atoms. The SMILES string of the molecule is CC[C@H](O)C(Cc1ccccc1)NC(=O)[C@@H](NC(=O)OC)C(C)C. The van der Waals surface area contributed by atoms with E-state index in [9.17, 15) is 14.7 Å². The Morgan fingerprint density at radius 2 is 1.79 bits per heavy atom. The molecule has 0 aliphatic carbocycles. The summed E-state index contributed by atoms with van der Waals surface area (Å²) in [5.74, 6) is -0.441. The zero-order valence-electron chi connectivity index (χ0n) is 14.8. The van der Waals surface area contributed by atoms with Gasteiger partial charge in [-0.1, -0.05) is 51.1 Å². The molecule has 0 heterocycles. The van der Waals surface area contributed by atoms with E-state index < -0.39 is 24.3 Å². The number of aliphatic hydroxyl groups is 1. The number of benzene rings is 1. The van der Waals surface area contributed by atoms with E-state index in [-0.39, 0.29) is 11.8 Å². The summed E-state index contributed by atoms with van der Waals surface area (Å²) in [5.41, 5.74) is 1.03. The van der Waals surface area contributed by atoms with Crippen molar-refractivity contribution < 1.29 is 19.4 Å². The molecule has 0 radical (unpaired) electrons. The number of rotatable bonds is 8. The Labute approximate surface area is 143 Å². The number of nitrogens with one attached hydrogen (secondary N) is 2. The van der Waals surface area contributed by atoms with Gasteiger partial charge in [-0.25, -0.2) is 4.79 Å². The summed E-state index contributed by atoms with van der Waals surface area (Å²) in [5, 5.41) is 15.7. The monoisotopic (exact) mass is 336 g/mol. The van der Waals surface area contributed by atoms with Gasteiger partial charge in [0.15, 0.2) is 0 Å². The largest absolute Gasteiger partial charge is 0.453 e. The van der Waals surface area contributed by atoms with Crippen LogP contribution in [0, 0.1) is 5.92 Å². The molecular formula is C18H28N2O4. The first-order chi connectivity index (χ1) is 11.4. The molecule has 1 unspecified atom stereocenters. The van der Waals surface area contributed by atoms with E-state index in [1.54, 1.807) is 0 Å². The lowest BCUT2D eigenvalue weighted by atomic mass is 9.97. The molecular weight excluding hydrogens is 308 g/mol. The Morgan fingerprint density at radius 1 is 1.17 bits per heavy atom. The number of ether oxygens (including phenoxy) is 1. The third kappa shape index (κ3) is 6.20. The fraction of sp³-hybridized carbons (Fsp3) is 0.556. The highest BCUT2D eigenvalue weighted by molar-refractivity contribution is 5.86. The lowest BCUT2D eigenvalue weighted by molar-refractivity contribution is -0.125. The highest BCUT2D eigenvalue weighted by Gasteiger charge is 2.28. The van der Waals surface area contributed by atoms with Crippen LogP contribution in [0.15, 0.2) is 30.3 Å². The molecule has 1 aromatic rings. The minimum Gasteiger partial charge on any atom is -0.453 e. The second-order valence-electron chi connectivity index (χ2n) is 6.14. The highest BCUT2D eigenvalue weighted by Crippen LogP contribution is 2.10. The Morgan fingerprint density at radius 3 is 2.29 bits per heavy atom. The van der Waals surface area contributed by atoms with Gasteiger partial charge in [0.2, 0.25) is 5.91 Å². The second kappa shape index (κ2) is 9.93. The van der Waals surface area contributed by atoms with Gasteiger partial charge in [-0.15, -0.1) is 0 Å². The van der Waals surface area contributed by atoms with Crippen molar-refractivity contribution in [2.45, 2.75) is 51.8 Å². The molecule has 0 aromatic heterocycles. The zero-order valence-corrected chi connectivity index (χ0v) is 14.8. The second-order valence-corrected chi connectivity index (χ2v) is 6.14. The number of methoxy groups -OCH3 is 1. The topological polar surface area (TPSA) is 87.7 Å². The van der Waals surface area contributed by atoms with E-state index in [0.29, 0.717) is 12.8 Å². The first-order valence-corrected chi connectivity index (χ1v) is 8.25. The van der Waals surface area contributed by atoms with Crippen molar-refractivity contribution in [1.29, 1.82) is 0 Å². The van der Waals surface area contributed by atoms with Crippen LogP contribution in [0.4, 0.5) is 4.79 Å². The van der Waals surface area contributed by atoms with Gasteiger partial charge in [0.1, 0.15) is 6.04 Å². The summed E-state index contributed by atoms with van der Waals surface area (Å²) >= 11 is 0. The van der Waals surface area contributed by atoms with E-state index in [0.717, 1.165) is 5.56 Å². The van der Waals surface area contributed by atoms with E-state index in [2.05, 4.69) is 15.4 Å². The molecule has 3 N–H and O–H groups in total. The van der Waals surface area contributed by atoms with Crippen LogP contribution in [0.25, 0.3) is 0 Å². The van der Waals surface area contributed by atoms with Crippen LogP contribution >= 0.6 is 0 Å². The van der Waals surface area contributed by atoms with Crippen molar-refractivity contribution in [2.75, 3.05) is 7.11 Å². The van der Waals surface area contributed by atoms with Crippen LogP contribution < -0.4 is 10.6 Å². The molecule has 6 heteroatoms. The average Bonchev–Trinajstić information content (AvgIpc) is 2.58. The number of hydrogen-bond acceptors (Lipinski definition) is 4. The summed E-state index contributed by atoms with van der Waals surface area (Å²) in [6.07, 6.45) is -0.279. The minimum absolute atomic E-state index is 0.111. The van der Waals surface area contributed by atoms with Gasteiger partial charge < -0.3 is 20.5 Å². The number of carbonyl (C=O) groups is 2. The first-order valence-electron chi connectivity index (χ1n) is 8.25. The molecule has 0 saturated heterocycles. The quantitative estimate of drug-likeness (QED) is 0.676. The third-order valence-electron chi connectivity index (χ3n) is 3.92. The van der Waals surface area contributed by atoms with Crippen molar-refractivity contribution in [2.24, 2.45) is 5.92 Å². The lowest BCUT2D eigenvalue weighted by Crippen LogP contribution is -2.54. The molecule has 3 atom stereocenters. The number of carbonyl (C=O) groups excluding carboxylic acids is 2. The van der Waals surface area contributed by atoms with E-state index in [4.69, 9.17) is 0 Å². The predicted octanol–water partition coefficient (Wildman–Crippen LogP) is 1.87. The number of hydrogen-bond donors (Lipinski definition) is 3. The molecule has 2 amide bonds. The number of alkyl carbamates (subject to hydrolysis) is 1. The van der Waals surface area contributed by atoms with Gasteiger partial charge in [-0.3, -0.25) is 4.79 Å². The lowest BCUT2D eigenvalue weighted by Gasteiger charge is -2.27. The maximum Gasteiger partial charge on any atom is 0.407 e. The van der Waals surface area contributed by atoms with Crippen molar-refractivity contribution in [3.8, 4) is 0 Å². The molecule has 0 aliphatic heterocycles. The van der Waals surface area contributed by atoms with E-state index in [1.807, 2.05) is 51.1 Å². The Hall–Kier alpha value is -2.08. The molecule has 1 rings (SSSR count). The Kier molecular flexibility index (Phi) is 8.26. The Bertz CT molecular complexity index is 519. The summed E-state index contributed by atoms with van der Waals surface area (Å²) in [4.78, 5) is 24.0. The van der Waals surface area contributed by atoms with Gasteiger partial charge in [0.25, 0.3) is 0 Å². The summed E-state index contributed by atoms with van der Waals surface area (Å²) in [6.45, 7) is 5.53. The van der Waals surface area contributed by atoms with Gasteiger partial charge in [0, 0.05) is 0 Å². The minimum atomic E-state index is -0.722. The molecule has 0 aliphatic rings. The van der Waals surface area contributed by atoms with Crippen LogP contribution in [0.3, 0.4) is 0 Å².